The van der Waals surface area contributed by atoms with Crippen molar-refractivity contribution in [1.82, 2.24) is 19.4 Å². The van der Waals surface area contributed by atoms with Crippen LogP contribution in [0.5, 0.6) is 0 Å². The molecular weight excluding hydrogens is 326 g/mol. The number of aryl methyl sites for hydroxylation is 2. The number of anilines is 1. The smallest absolute Gasteiger partial charge is 0.256 e. The van der Waals surface area contributed by atoms with Crippen LogP contribution in [0.25, 0.3) is 10.9 Å². The molecule has 6 heteroatoms. The van der Waals surface area contributed by atoms with Crippen LogP contribution in [-0.2, 0) is 6.54 Å². The lowest BCUT2D eigenvalue weighted by Gasteiger charge is -2.24. The van der Waals surface area contributed by atoms with Crippen LogP contribution in [0.2, 0.25) is 0 Å². The van der Waals surface area contributed by atoms with Crippen LogP contribution >= 0.6 is 0 Å². The minimum atomic E-state index is -0.0461. The third kappa shape index (κ3) is 2.71. The fourth-order valence-electron chi connectivity index (χ4n) is 3.94. The molecule has 1 atom stereocenters. The molecule has 1 saturated heterocycles. The summed E-state index contributed by atoms with van der Waals surface area (Å²) >= 11 is 0. The fourth-order valence-corrected chi connectivity index (χ4v) is 3.94. The first-order valence-electron chi connectivity index (χ1n) is 9.08. The molecule has 6 nitrogen and oxygen atoms in total. The molecule has 134 valence electrons. The Balaban J connectivity index is 1.74. The van der Waals surface area contributed by atoms with Crippen LogP contribution < -0.4 is 5.73 Å². The average molecular weight is 349 g/mol. The summed E-state index contributed by atoms with van der Waals surface area (Å²) in [6, 6.07) is 9.81. The van der Waals surface area contributed by atoms with Gasteiger partial charge in [-0.15, -0.1) is 0 Å². The molecule has 4 rings (SSSR count). The van der Waals surface area contributed by atoms with Crippen molar-refractivity contribution in [2.24, 2.45) is 0 Å². The first-order valence-corrected chi connectivity index (χ1v) is 9.08. The number of amides is 1. The second kappa shape index (κ2) is 6.44. The number of carbonyl (C=O) groups excluding carboxylic acids is 1. The lowest BCUT2D eigenvalue weighted by Crippen LogP contribution is -2.31. The van der Waals surface area contributed by atoms with Crippen LogP contribution in [0.1, 0.15) is 47.7 Å². The Hall–Kier alpha value is -2.89. The summed E-state index contributed by atoms with van der Waals surface area (Å²) in [4.78, 5) is 24.0. The first-order chi connectivity index (χ1) is 12.6. The van der Waals surface area contributed by atoms with Gasteiger partial charge >= 0.3 is 0 Å². The van der Waals surface area contributed by atoms with Crippen molar-refractivity contribution < 1.29 is 4.79 Å². The van der Waals surface area contributed by atoms with Crippen molar-refractivity contribution in [2.75, 3.05) is 12.3 Å². The Kier molecular flexibility index (Phi) is 4.11. The number of nitrogen functional groups attached to an aromatic ring is 1. The van der Waals surface area contributed by atoms with Crippen LogP contribution in [0.4, 0.5) is 5.82 Å². The third-order valence-corrected chi connectivity index (χ3v) is 5.09. The van der Waals surface area contributed by atoms with Gasteiger partial charge < -0.3 is 15.2 Å². The summed E-state index contributed by atoms with van der Waals surface area (Å²) in [6.07, 6.45) is 3.84. The number of rotatable bonds is 3. The Morgan fingerprint density at radius 3 is 2.88 bits per heavy atom. The second-order valence-electron chi connectivity index (χ2n) is 6.77. The highest BCUT2D eigenvalue weighted by Crippen LogP contribution is 2.34. The Morgan fingerprint density at radius 1 is 1.31 bits per heavy atom. The number of likely N-dealkylation sites (tertiary alicyclic amines) is 1. The number of carbonyl (C=O) groups is 1. The van der Waals surface area contributed by atoms with Gasteiger partial charge in [0.15, 0.2) is 0 Å². The Labute approximate surface area is 152 Å². The largest absolute Gasteiger partial charge is 0.384 e. The van der Waals surface area contributed by atoms with E-state index in [1.54, 1.807) is 6.07 Å². The monoisotopic (exact) mass is 349 g/mol. The van der Waals surface area contributed by atoms with Crippen molar-refractivity contribution in [1.29, 1.82) is 0 Å². The van der Waals surface area contributed by atoms with E-state index in [1.165, 1.54) is 0 Å². The summed E-state index contributed by atoms with van der Waals surface area (Å²) in [5.41, 5.74) is 8.58. The average Bonchev–Trinajstić information content (AvgIpc) is 3.25. The van der Waals surface area contributed by atoms with E-state index in [4.69, 9.17) is 5.73 Å². The van der Waals surface area contributed by atoms with E-state index in [0.29, 0.717) is 11.6 Å². The van der Waals surface area contributed by atoms with Gasteiger partial charge in [0.2, 0.25) is 0 Å². The summed E-state index contributed by atoms with van der Waals surface area (Å²) < 4.78 is 2.13. The van der Waals surface area contributed by atoms with Crippen LogP contribution in [-0.4, -0.2) is 31.9 Å². The summed E-state index contributed by atoms with van der Waals surface area (Å²) in [5, 5.41) is 1.00. The Bertz CT molecular complexity index is 957. The SMILES string of the molecule is CCn1cc(C(=O)N2CCCC2c2cc(N)nc(C)n2)c2ccccc21. The van der Waals surface area contributed by atoms with E-state index >= 15 is 0 Å². The van der Waals surface area contributed by atoms with Crippen molar-refractivity contribution in [3.8, 4) is 0 Å². The van der Waals surface area contributed by atoms with E-state index in [-0.39, 0.29) is 11.9 Å². The summed E-state index contributed by atoms with van der Waals surface area (Å²) in [6.45, 7) is 5.48. The molecule has 2 N–H and O–H groups in total. The number of aromatic nitrogens is 3. The molecule has 1 aliphatic rings. The van der Waals surface area contributed by atoms with Gasteiger partial charge in [0.25, 0.3) is 5.91 Å². The van der Waals surface area contributed by atoms with E-state index in [0.717, 1.165) is 48.1 Å². The van der Waals surface area contributed by atoms with E-state index < -0.39 is 0 Å². The molecule has 0 saturated carbocycles. The van der Waals surface area contributed by atoms with Crippen molar-refractivity contribution in [2.45, 2.75) is 39.3 Å². The summed E-state index contributed by atoms with van der Waals surface area (Å²) in [7, 11) is 0. The zero-order chi connectivity index (χ0) is 18.3. The highest BCUT2D eigenvalue weighted by Gasteiger charge is 2.33. The predicted molar refractivity (Wildman–Crippen MR) is 102 cm³/mol. The number of nitrogens with two attached hydrogens (primary N) is 1. The number of hydrogen-bond donors (Lipinski definition) is 1. The zero-order valence-electron chi connectivity index (χ0n) is 15.1. The van der Waals surface area contributed by atoms with Gasteiger partial charge in [-0.2, -0.15) is 0 Å². The number of benzene rings is 1. The van der Waals surface area contributed by atoms with Crippen molar-refractivity contribution in [3.05, 3.63) is 53.6 Å². The zero-order valence-corrected chi connectivity index (χ0v) is 15.1. The topological polar surface area (TPSA) is 77.0 Å². The van der Waals surface area contributed by atoms with Gasteiger partial charge in [-0.3, -0.25) is 4.79 Å². The highest BCUT2D eigenvalue weighted by molar-refractivity contribution is 6.07. The number of nitrogens with zero attached hydrogens (tertiary/aromatic N) is 4. The van der Waals surface area contributed by atoms with E-state index in [1.807, 2.05) is 36.2 Å². The third-order valence-electron chi connectivity index (χ3n) is 5.09. The molecule has 1 amide bonds. The molecule has 26 heavy (non-hydrogen) atoms. The van der Waals surface area contributed by atoms with Gasteiger partial charge in [-0.05, 0) is 32.8 Å². The molecule has 0 radical (unpaired) electrons. The van der Waals surface area contributed by atoms with Crippen molar-refractivity contribution >= 4 is 22.6 Å². The number of para-hydroxylation sites is 1. The molecule has 2 aromatic heterocycles. The summed E-state index contributed by atoms with van der Waals surface area (Å²) in [5.74, 6) is 1.15. The first kappa shape index (κ1) is 16.6. The van der Waals surface area contributed by atoms with Crippen LogP contribution in [0.3, 0.4) is 0 Å². The normalized spacial score (nSPS) is 17.2. The maximum Gasteiger partial charge on any atom is 0.256 e. The van der Waals surface area contributed by atoms with Gasteiger partial charge in [0, 0.05) is 36.3 Å². The maximum absolute atomic E-state index is 13.4. The standard InChI is InChI=1S/C20H23N5O/c1-3-24-12-15(14-7-4-5-8-17(14)24)20(26)25-10-6-9-18(25)16-11-19(21)23-13(2)22-16/h4-5,7-8,11-12,18H,3,6,9-10H2,1-2H3,(H2,21,22,23). The van der Waals surface area contributed by atoms with Crippen molar-refractivity contribution in [3.63, 3.8) is 0 Å². The lowest BCUT2D eigenvalue weighted by atomic mass is 10.1. The molecule has 1 fully saturated rings. The molecular formula is C20H23N5O. The second-order valence-corrected chi connectivity index (χ2v) is 6.77. The highest BCUT2D eigenvalue weighted by atomic mass is 16.2. The molecule has 1 aliphatic heterocycles. The van der Waals surface area contributed by atoms with Gasteiger partial charge in [0.1, 0.15) is 11.6 Å². The fraction of sp³-hybridized carbons (Fsp3) is 0.350. The number of hydrogen-bond acceptors (Lipinski definition) is 4. The quantitative estimate of drug-likeness (QED) is 0.787. The molecule has 3 aromatic rings. The van der Waals surface area contributed by atoms with E-state index in [9.17, 15) is 4.79 Å². The van der Waals surface area contributed by atoms with E-state index in [2.05, 4.69) is 27.5 Å². The minimum absolute atomic E-state index is 0.0461. The number of fused-ring (bicyclic) bond motifs is 1. The van der Waals surface area contributed by atoms with Gasteiger partial charge in [-0.1, -0.05) is 18.2 Å². The van der Waals surface area contributed by atoms with Crippen LogP contribution in [0, 0.1) is 6.92 Å². The lowest BCUT2D eigenvalue weighted by molar-refractivity contribution is 0.0734. The molecule has 1 unspecified atom stereocenters. The molecule has 0 aliphatic carbocycles. The molecule has 0 spiro atoms. The molecule has 3 heterocycles. The van der Waals surface area contributed by atoms with Gasteiger partial charge in [0.05, 0.1) is 17.3 Å². The predicted octanol–water partition coefficient (Wildman–Crippen LogP) is 3.32. The van der Waals surface area contributed by atoms with Crippen LogP contribution in [0.15, 0.2) is 36.5 Å². The molecule has 1 aromatic carbocycles. The minimum Gasteiger partial charge on any atom is -0.384 e. The Morgan fingerprint density at radius 2 is 2.12 bits per heavy atom. The maximum atomic E-state index is 13.4. The molecule has 0 bridgehead atoms. The van der Waals surface area contributed by atoms with Gasteiger partial charge in [-0.25, -0.2) is 9.97 Å².